The average molecular weight is 629 g/mol. The van der Waals surface area contributed by atoms with E-state index in [4.69, 9.17) is 0 Å². The Labute approximate surface area is 274 Å². The molecule has 3 heteroatoms. The molecule has 10 rings (SSSR count). The Bertz CT molecular complexity index is 2310. The summed E-state index contributed by atoms with van der Waals surface area (Å²) in [7, 11) is 0. The maximum Gasteiger partial charge on any atom is 0.0433 e. The van der Waals surface area contributed by atoms with Crippen LogP contribution in [0, 0.1) is 5.92 Å². The molecule has 214 valence electrons. The normalized spacial score (nSPS) is 22.0. The van der Waals surface area contributed by atoms with Gasteiger partial charge in [-0.05, 0) is 51.6 Å². The molecule has 5 aromatic carbocycles. The van der Waals surface area contributed by atoms with E-state index in [9.17, 15) is 0 Å². The number of thioether (sulfide) groups is 1. The summed E-state index contributed by atoms with van der Waals surface area (Å²) in [5.41, 5.74) is 8.25. The van der Waals surface area contributed by atoms with Crippen LogP contribution in [0.4, 0.5) is 0 Å². The minimum atomic E-state index is 0.323. The van der Waals surface area contributed by atoms with Crippen molar-refractivity contribution in [3.63, 3.8) is 0 Å². The number of benzene rings is 5. The summed E-state index contributed by atoms with van der Waals surface area (Å²) in [5.74, 6) is 0.823. The number of allylic oxidation sites excluding steroid dienone is 6. The van der Waals surface area contributed by atoms with Crippen molar-refractivity contribution in [1.82, 2.24) is 0 Å². The SMILES string of the molecule is C1=CC2SC3C(=CC=CC3c3cc(-c4cccc5c4sc4ccccc45)cc(-c4cccc5c4sc4ccccc45)c3)C2C=C1. The highest BCUT2D eigenvalue weighted by Gasteiger charge is 2.42. The van der Waals surface area contributed by atoms with Crippen LogP contribution in [0.1, 0.15) is 11.5 Å². The minimum Gasteiger partial charge on any atom is -0.145 e. The summed E-state index contributed by atoms with van der Waals surface area (Å²) < 4.78 is 5.45. The Kier molecular flexibility index (Phi) is 5.91. The second-order valence-corrected chi connectivity index (χ2v) is 15.7. The quantitative estimate of drug-likeness (QED) is 0.188. The van der Waals surface area contributed by atoms with Gasteiger partial charge < -0.3 is 0 Å². The van der Waals surface area contributed by atoms with Crippen LogP contribution in [0.3, 0.4) is 0 Å². The first-order chi connectivity index (χ1) is 22.3. The Morgan fingerprint density at radius 1 is 0.489 bits per heavy atom. The van der Waals surface area contributed by atoms with Gasteiger partial charge in [0.2, 0.25) is 0 Å². The number of hydrogen-bond donors (Lipinski definition) is 0. The first-order valence-electron chi connectivity index (χ1n) is 15.7. The lowest BCUT2D eigenvalue weighted by atomic mass is 9.79. The number of rotatable bonds is 3. The van der Waals surface area contributed by atoms with Crippen LogP contribution in [0.5, 0.6) is 0 Å². The molecule has 7 aromatic rings. The largest absolute Gasteiger partial charge is 0.145 e. The van der Waals surface area contributed by atoms with Crippen molar-refractivity contribution in [2.45, 2.75) is 16.4 Å². The van der Waals surface area contributed by atoms with Crippen LogP contribution in [-0.2, 0) is 0 Å². The Hall–Kier alpha value is -4.15. The van der Waals surface area contributed by atoms with Gasteiger partial charge in [0.1, 0.15) is 0 Å². The maximum absolute atomic E-state index is 2.50. The number of fused-ring (bicyclic) bond motifs is 9. The molecule has 0 radical (unpaired) electrons. The average Bonchev–Trinajstić information content (AvgIpc) is 3.79. The zero-order chi connectivity index (χ0) is 29.5. The molecule has 1 saturated heterocycles. The van der Waals surface area contributed by atoms with Crippen LogP contribution in [-0.4, -0.2) is 10.5 Å². The zero-order valence-electron chi connectivity index (χ0n) is 24.4. The van der Waals surface area contributed by atoms with E-state index in [-0.39, 0.29) is 0 Å². The van der Waals surface area contributed by atoms with Gasteiger partial charge in [-0.15, -0.1) is 34.4 Å². The van der Waals surface area contributed by atoms with E-state index in [0.717, 1.165) is 0 Å². The van der Waals surface area contributed by atoms with E-state index in [1.807, 2.05) is 22.7 Å². The van der Waals surface area contributed by atoms with E-state index < -0.39 is 0 Å². The molecule has 0 nitrogen and oxygen atoms in total. The molecule has 0 amide bonds. The molecule has 2 aliphatic carbocycles. The highest BCUT2D eigenvalue weighted by atomic mass is 32.2. The van der Waals surface area contributed by atoms with E-state index >= 15 is 0 Å². The highest BCUT2D eigenvalue weighted by molar-refractivity contribution is 8.01. The predicted octanol–water partition coefficient (Wildman–Crippen LogP) is 12.6. The standard InChI is InChI=1S/C42H28S3/c1-4-19-37-31(10-1)34-16-7-13-28(40(34)43-37)25-22-26(29-14-8-17-35-32-11-2-5-20-38(32)44-41(29)35)24-27(23-25)30-15-9-18-36-33-12-3-6-21-39(33)45-42(30)36/h1-24,28,31,37,40H. The molecule has 1 aliphatic heterocycles. The van der Waals surface area contributed by atoms with Crippen molar-refractivity contribution in [2.75, 3.05) is 0 Å². The van der Waals surface area contributed by atoms with Crippen molar-refractivity contribution >= 4 is 74.8 Å². The van der Waals surface area contributed by atoms with Gasteiger partial charge in [0.15, 0.2) is 0 Å². The second-order valence-electron chi connectivity index (χ2n) is 12.3. The molecule has 2 aromatic heterocycles. The first kappa shape index (κ1) is 26.1. The molecular formula is C42H28S3. The fourth-order valence-corrected chi connectivity index (χ4v) is 12.0. The molecule has 4 unspecified atom stereocenters. The summed E-state index contributed by atoms with van der Waals surface area (Å²) >= 11 is 5.98. The van der Waals surface area contributed by atoms with Gasteiger partial charge in [-0.2, -0.15) is 0 Å². The van der Waals surface area contributed by atoms with Crippen LogP contribution in [0.15, 0.2) is 151 Å². The Balaban J connectivity index is 1.21. The lowest BCUT2D eigenvalue weighted by molar-refractivity contribution is 0.739. The third-order valence-corrected chi connectivity index (χ3v) is 13.9. The summed E-state index contributed by atoms with van der Waals surface area (Å²) in [4.78, 5) is 0. The molecule has 0 N–H and O–H groups in total. The van der Waals surface area contributed by atoms with Crippen molar-refractivity contribution in [3.8, 4) is 22.3 Å². The van der Waals surface area contributed by atoms with Gasteiger partial charge in [-0.25, -0.2) is 0 Å². The molecule has 3 aliphatic rings. The van der Waals surface area contributed by atoms with Gasteiger partial charge in [0.05, 0.1) is 0 Å². The summed E-state index contributed by atoms with van der Waals surface area (Å²) in [6.07, 6.45) is 16.4. The van der Waals surface area contributed by atoms with Crippen LogP contribution >= 0.6 is 34.4 Å². The maximum atomic E-state index is 2.50. The fraction of sp³-hybridized carbons (Fsp3) is 0.0952. The van der Waals surface area contributed by atoms with Crippen LogP contribution in [0.2, 0.25) is 0 Å². The van der Waals surface area contributed by atoms with E-state index in [1.54, 1.807) is 5.57 Å². The van der Waals surface area contributed by atoms with Crippen molar-refractivity contribution in [2.24, 2.45) is 5.92 Å². The molecule has 45 heavy (non-hydrogen) atoms. The van der Waals surface area contributed by atoms with E-state index in [1.165, 1.54) is 68.2 Å². The van der Waals surface area contributed by atoms with Crippen LogP contribution in [0.25, 0.3) is 62.6 Å². The molecular weight excluding hydrogens is 601 g/mol. The second kappa shape index (κ2) is 10.2. The zero-order valence-corrected chi connectivity index (χ0v) is 26.8. The lowest BCUT2D eigenvalue weighted by Crippen LogP contribution is -2.17. The van der Waals surface area contributed by atoms with Gasteiger partial charge in [0, 0.05) is 62.7 Å². The van der Waals surface area contributed by atoms with Crippen molar-refractivity contribution in [1.29, 1.82) is 0 Å². The number of thiophene rings is 2. The molecule has 0 bridgehead atoms. The topological polar surface area (TPSA) is 0 Å². The van der Waals surface area contributed by atoms with Crippen LogP contribution < -0.4 is 0 Å². The smallest absolute Gasteiger partial charge is 0.0433 e. The van der Waals surface area contributed by atoms with Gasteiger partial charge in [0.25, 0.3) is 0 Å². The van der Waals surface area contributed by atoms with Gasteiger partial charge in [-0.1, -0.05) is 127 Å². The van der Waals surface area contributed by atoms with Crippen molar-refractivity contribution < 1.29 is 0 Å². The molecule has 3 heterocycles. The molecule has 0 spiro atoms. The molecule has 1 fully saturated rings. The first-order valence-corrected chi connectivity index (χ1v) is 18.2. The minimum absolute atomic E-state index is 0.323. The van der Waals surface area contributed by atoms with E-state index in [2.05, 4.69) is 157 Å². The van der Waals surface area contributed by atoms with Gasteiger partial charge >= 0.3 is 0 Å². The molecule has 0 saturated carbocycles. The summed E-state index contributed by atoms with van der Waals surface area (Å²) in [6, 6.07) is 38.9. The predicted molar refractivity (Wildman–Crippen MR) is 200 cm³/mol. The monoisotopic (exact) mass is 628 g/mol. The Morgan fingerprint density at radius 3 is 1.73 bits per heavy atom. The van der Waals surface area contributed by atoms with E-state index in [0.29, 0.717) is 22.3 Å². The third kappa shape index (κ3) is 4.04. The third-order valence-electron chi connectivity index (χ3n) is 9.81. The van der Waals surface area contributed by atoms with Crippen molar-refractivity contribution in [3.05, 3.63) is 157 Å². The highest BCUT2D eigenvalue weighted by Crippen LogP contribution is 2.53. The lowest BCUT2D eigenvalue weighted by Gasteiger charge is -2.26. The van der Waals surface area contributed by atoms with Gasteiger partial charge in [-0.3, -0.25) is 0 Å². The Morgan fingerprint density at radius 2 is 1.07 bits per heavy atom. The fourth-order valence-electron chi connectivity index (χ4n) is 7.73. The summed E-state index contributed by atoms with van der Waals surface area (Å²) in [6.45, 7) is 0. The molecule has 4 atom stereocenters. The summed E-state index contributed by atoms with van der Waals surface area (Å²) in [5, 5.41) is 6.37. The number of hydrogen-bond acceptors (Lipinski definition) is 3.